The van der Waals surface area contributed by atoms with E-state index in [9.17, 15) is 0 Å². The van der Waals surface area contributed by atoms with Crippen LogP contribution in [0.1, 0.15) is 11.5 Å². The summed E-state index contributed by atoms with van der Waals surface area (Å²) in [6.07, 6.45) is 0. The maximum absolute atomic E-state index is 5.70. The van der Waals surface area contributed by atoms with E-state index in [2.05, 4.69) is 42.5 Å². The van der Waals surface area contributed by atoms with Crippen LogP contribution in [0.3, 0.4) is 0 Å². The molecule has 8 heteroatoms. The van der Waals surface area contributed by atoms with E-state index in [4.69, 9.17) is 4.42 Å². The Morgan fingerprint density at radius 3 is 2.75 bits per heavy atom. The molecule has 4 aromatic rings. The van der Waals surface area contributed by atoms with E-state index in [1.54, 1.807) is 4.68 Å². The number of para-hydroxylation sites is 1. The van der Waals surface area contributed by atoms with E-state index in [1.807, 2.05) is 42.5 Å². The molecule has 2 aromatic heterocycles. The van der Waals surface area contributed by atoms with E-state index in [-0.39, 0.29) is 0 Å². The van der Waals surface area contributed by atoms with E-state index >= 15 is 0 Å². The van der Waals surface area contributed by atoms with Gasteiger partial charge in [0.15, 0.2) is 0 Å². The van der Waals surface area contributed by atoms with Crippen molar-refractivity contribution in [2.24, 2.45) is 0 Å². The van der Waals surface area contributed by atoms with Crippen LogP contribution in [0.15, 0.2) is 62.6 Å². The van der Waals surface area contributed by atoms with Crippen molar-refractivity contribution < 1.29 is 4.42 Å². The van der Waals surface area contributed by atoms with Crippen molar-refractivity contribution in [3.63, 3.8) is 0 Å². The zero-order valence-electron chi connectivity index (χ0n) is 12.5. The fraction of sp³-hybridized carbons (Fsp3) is 0.125. The number of hydrogen-bond acceptors (Lipinski definition) is 6. The average molecular weight is 402 g/mol. The van der Waals surface area contributed by atoms with Crippen molar-refractivity contribution in [2.45, 2.75) is 17.5 Å². The second-order valence-electron chi connectivity index (χ2n) is 5.08. The molecule has 0 N–H and O–H groups in total. The fourth-order valence-electron chi connectivity index (χ4n) is 2.28. The van der Waals surface area contributed by atoms with Crippen LogP contribution in [-0.4, -0.2) is 25.2 Å². The monoisotopic (exact) mass is 401 g/mol. The first-order valence-electron chi connectivity index (χ1n) is 7.26. The summed E-state index contributed by atoms with van der Waals surface area (Å²) in [6, 6.07) is 15.9. The molecule has 0 saturated heterocycles. The lowest BCUT2D eigenvalue weighted by molar-refractivity contribution is 0.398. The Kier molecular flexibility index (Phi) is 4.31. The van der Waals surface area contributed by atoms with E-state index in [0.717, 1.165) is 21.3 Å². The lowest BCUT2D eigenvalue weighted by atomic mass is 10.2. The number of rotatable bonds is 5. The molecule has 0 aliphatic rings. The quantitative estimate of drug-likeness (QED) is 0.472. The second kappa shape index (κ2) is 6.74. The van der Waals surface area contributed by atoms with Gasteiger partial charge in [0.25, 0.3) is 5.22 Å². The third kappa shape index (κ3) is 3.20. The Morgan fingerprint density at radius 1 is 1.00 bits per heavy atom. The molecule has 0 saturated carbocycles. The van der Waals surface area contributed by atoms with Crippen LogP contribution in [0.5, 0.6) is 0 Å². The van der Waals surface area contributed by atoms with Crippen molar-refractivity contribution in [1.29, 1.82) is 0 Å². The highest BCUT2D eigenvalue weighted by Gasteiger charge is 2.11. The number of thioether (sulfide) groups is 1. The Balaban J connectivity index is 1.46. The maximum atomic E-state index is 5.70. The second-order valence-corrected chi connectivity index (χ2v) is 6.86. The van der Waals surface area contributed by atoms with Gasteiger partial charge < -0.3 is 4.42 Å². The Bertz CT molecular complexity index is 983. The minimum absolute atomic E-state index is 0.406. The van der Waals surface area contributed by atoms with Gasteiger partial charge in [-0.1, -0.05) is 63.2 Å². The van der Waals surface area contributed by atoms with Crippen LogP contribution in [0.4, 0.5) is 0 Å². The Hall–Kier alpha value is -2.19. The first-order valence-corrected chi connectivity index (χ1v) is 9.04. The van der Waals surface area contributed by atoms with E-state index in [1.165, 1.54) is 17.3 Å². The number of hydrogen-bond donors (Lipinski definition) is 0. The Labute approximate surface area is 150 Å². The number of nitrogens with zero attached hydrogens (tertiary/aromatic N) is 5. The number of halogens is 1. The predicted octanol–water partition coefficient (Wildman–Crippen LogP) is 3.92. The molecular weight excluding hydrogens is 390 g/mol. The molecule has 0 bridgehead atoms. The number of aromatic nitrogens is 5. The van der Waals surface area contributed by atoms with Gasteiger partial charge in [0.1, 0.15) is 12.1 Å². The van der Waals surface area contributed by atoms with Crippen molar-refractivity contribution in [3.05, 3.63) is 64.5 Å². The molecule has 2 heterocycles. The standard InChI is InChI=1S/C16H12BrN5OS/c17-12-6-2-1-5-11(12)10-24-16-20-19-15(23-16)9-22-14-8-4-3-7-13(14)18-21-22/h1-8H,9-10H2. The highest BCUT2D eigenvalue weighted by Crippen LogP contribution is 2.26. The van der Waals surface area contributed by atoms with Gasteiger partial charge in [-0.05, 0) is 23.8 Å². The highest BCUT2D eigenvalue weighted by atomic mass is 79.9. The van der Waals surface area contributed by atoms with Crippen LogP contribution < -0.4 is 0 Å². The molecule has 2 aromatic carbocycles. The zero-order valence-corrected chi connectivity index (χ0v) is 14.9. The zero-order chi connectivity index (χ0) is 16.4. The smallest absolute Gasteiger partial charge is 0.276 e. The summed E-state index contributed by atoms with van der Waals surface area (Å²) in [5.41, 5.74) is 2.98. The number of benzene rings is 2. The topological polar surface area (TPSA) is 69.6 Å². The van der Waals surface area contributed by atoms with Crippen molar-refractivity contribution in [1.82, 2.24) is 25.2 Å². The molecule has 0 unspecified atom stereocenters. The lowest BCUT2D eigenvalue weighted by Crippen LogP contribution is -2.02. The van der Waals surface area contributed by atoms with Crippen molar-refractivity contribution in [3.8, 4) is 0 Å². The Morgan fingerprint density at radius 2 is 1.83 bits per heavy atom. The summed E-state index contributed by atoms with van der Waals surface area (Å²) in [7, 11) is 0. The van der Waals surface area contributed by atoms with Gasteiger partial charge >= 0.3 is 0 Å². The summed E-state index contributed by atoms with van der Waals surface area (Å²) in [5.74, 6) is 1.27. The molecule has 24 heavy (non-hydrogen) atoms. The molecule has 120 valence electrons. The summed E-state index contributed by atoms with van der Waals surface area (Å²) >= 11 is 5.05. The summed E-state index contributed by atoms with van der Waals surface area (Å²) in [4.78, 5) is 0. The number of fused-ring (bicyclic) bond motifs is 1. The summed E-state index contributed by atoms with van der Waals surface area (Å²) in [5, 5.41) is 17.0. The normalized spacial score (nSPS) is 11.2. The molecule has 0 aliphatic carbocycles. The third-order valence-electron chi connectivity index (χ3n) is 3.46. The minimum Gasteiger partial charge on any atom is -0.414 e. The lowest BCUT2D eigenvalue weighted by Gasteiger charge is -2.00. The summed E-state index contributed by atoms with van der Waals surface area (Å²) < 4.78 is 8.53. The molecule has 0 aliphatic heterocycles. The van der Waals surface area contributed by atoms with E-state index in [0.29, 0.717) is 17.7 Å². The van der Waals surface area contributed by atoms with Gasteiger partial charge in [0.2, 0.25) is 5.89 Å². The van der Waals surface area contributed by atoms with Gasteiger partial charge in [0, 0.05) is 10.2 Å². The van der Waals surface area contributed by atoms with Crippen LogP contribution in [0.2, 0.25) is 0 Å². The molecule has 0 atom stereocenters. The van der Waals surface area contributed by atoms with Crippen LogP contribution in [0, 0.1) is 0 Å². The fourth-order valence-corrected chi connectivity index (χ4v) is 3.67. The molecule has 0 amide bonds. The largest absolute Gasteiger partial charge is 0.414 e. The first-order chi connectivity index (χ1) is 11.8. The van der Waals surface area contributed by atoms with Gasteiger partial charge in [-0.3, -0.25) is 0 Å². The van der Waals surface area contributed by atoms with Crippen LogP contribution in [-0.2, 0) is 12.3 Å². The average Bonchev–Trinajstić information content (AvgIpc) is 3.22. The van der Waals surface area contributed by atoms with Crippen LogP contribution >= 0.6 is 27.7 Å². The first kappa shape index (κ1) is 15.3. The molecule has 6 nitrogen and oxygen atoms in total. The maximum Gasteiger partial charge on any atom is 0.276 e. The SMILES string of the molecule is Brc1ccccc1CSc1nnc(Cn2nnc3ccccc32)o1. The molecule has 0 fully saturated rings. The van der Waals surface area contributed by atoms with Gasteiger partial charge in [-0.2, -0.15) is 0 Å². The van der Waals surface area contributed by atoms with Crippen molar-refractivity contribution >= 4 is 38.7 Å². The van der Waals surface area contributed by atoms with Gasteiger partial charge in [-0.25, -0.2) is 4.68 Å². The van der Waals surface area contributed by atoms with Gasteiger partial charge in [-0.15, -0.1) is 15.3 Å². The molecule has 4 rings (SSSR count). The van der Waals surface area contributed by atoms with E-state index < -0.39 is 0 Å². The summed E-state index contributed by atoms with van der Waals surface area (Å²) in [6.45, 7) is 0.406. The third-order valence-corrected chi connectivity index (χ3v) is 5.10. The highest BCUT2D eigenvalue weighted by molar-refractivity contribution is 9.10. The van der Waals surface area contributed by atoms with Crippen LogP contribution in [0.25, 0.3) is 11.0 Å². The molecule has 0 radical (unpaired) electrons. The molecular formula is C16H12BrN5OS. The van der Waals surface area contributed by atoms with Crippen molar-refractivity contribution in [2.75, 3.05) is 0 Å². The predicted molar refractivity (Wildman–Crippen MR) is 94.6 cm³/mol. The van der Waals surface area contributed by atoms with Gasteiger partial charge in [0.05, 0.1) is 5.52 Å². The minimum atomic E-state index is 0.406. The molecule has 0 spiro atoms.